The Hall–Kier alpha value is -3.37. The number of thioether (sulfide) groups is 1. The van der Waals surface area contributed by atoms with E-state index in [0.29, 0.717) is 16.4 Å². The van der Waals surface area contributed by atoms with Crippen molar-refractivity contribution in [3.63, 3.8) is 0 Å². The van der Waals surface area contributed by atoms with Gasteiger partial charge in [0.05, 0.1) is 22.0 Å². The number of hydrogen-bond donors (Lipinski definition) is 1. The van der Waals surface area contributed by atoms with Crippen molar-refractivity contribution in [1.82, 2.24) is 14.6 Å². The van der Waals surface area contributed by atoms with Gasteiger partial charge >= 0.3 is 0 Å². The van der Waals surface area contributed by atoms with Crippen molar-refractivity contribution in [2.75, 3.05) is 5.32 Å². The van der Waals surface area contributed by atoms with E-state index in [0.717, 1.165) is 22.1 Å². The molecular formula is C21H17N5OS. The molecule has 0 radical (unpaired) electrons. The van der Waals surface area contributed by atoms with Crippen LogP contribution in [-0.4, -0.2) is 25.8 Å². The van der Waals surface area contributed by atoms with Crippen molar-refractivity contribution in [2.45, 2.75) is 24.3 Å². The summed E-state index contributed by atoms with van der Waals surface area (Å²) < 4.78 is 1.97. The number of anilines is 1. The van der Waals surface area contributed by atoms with Gasteiger partial charge in [0.25, 0.3) is 0 Å². The third-order valence-corrected chi connectivity index (χ3v) is 5.57. The molecule has 2 aromatic carbocycles. The summed E-state index contributed by atoms with van der Waals surface area (Å²) in [6.07, 6.45) is 0. The van der Waals surface area contributed by atoms with Gasteiger partial charge in [0.15, 0.2) is 10.8 Å². The molecule has 1 amide bonds. The predicted octanol–water partition coefficient (Wildman–Crippen LogP) is 4.18. The average molecular weight is 387 g/mol. The van der Waals surface area contributed by atoms with Crippen LogP contribution in [0.25, 0.3) is 16.6 Å². The van der Waals surface area contributed by atoms with Gasteiger partial charge in [0.2, 0.25) is 5.91 Å². The van der Waals surface area contributed by atoms with Gasteiger partial charge in [0.1, 0.15) is 6.07 Å². The lowest BCUT2D eigenvalue weighted by molar-refractivity contribution is -0.115. The summed E-state index contributed by atoms with van der Waals surface area (Å²) in [5, 5.41) is 21.9. The lowest BCUT2D eigenvalue weighted by Crippen LogP contribution is -2.23. The summed E-state index contributed by atoms with van der Waals surface area (Å²) in [6.45, 7) is 3.86. The lowest BCUT2D eigenvalue weighted by Gasteiger charge is -2.13. The smallest absolute Gasteiger partial charge is 0.237 e. The van der Waals surface area contributed by atoms with Crippen LogP contribution in [-0.2, 0) is 4.79 Å². The van der Waals surface area contributed by atoms with Crippen LogP contribution < -0.4 is 5.32 Å². The highest BCUT2D eigenvalue weighted by Crippen LogP contribution is 2.28. The van der Waals surface area contributed by atoms with Crippen molar-refractivity contribution in [1.29, 1.82) is 5.26 Å². The Morgan fingerprint density at radius 3 is 2.75 bits per heavy atom. The van der Waals surface area contributed by atoms with E-state index in [1.165, 1.54) is 11.8 Å². The highest BCUT2D eigenvalue weighted by atomic mass is 32.2. The fourth-order valence-electron chi connectivity index (χ4n) is 3.09. The van der Waals surface area contributed by atoms with Crippen molar-refractivity contribution in [3.8, 4) is 6.07 Å². The molecule has 6 nitrogen and oxygen atoms in total. The van der Waals surface area contributed by atoms with Gasteiger partial charge in [-0.15, -0.1) is 10.2 Å². The number of hydrogen-bond acceptors (Lipinski definition) is 5. The van der Waals surface area contributed by atoms with E-state index in [-0.39, 0.29) is 5.91 Å². The van der Waals surface area contributed by atoms with E-state index in [4.69, 9.17) is 0 Å². The number of pyridine rings is 1. The summed E-state index contributed by atoms with van der Waals surface area (Å²) >= 11 is 1.34. The van der Waals surface area contributed by atoms with E-state index >= 15 is 0 Å². The minimum atomic E-state index is -0.417. The monoisotopic (exact) mass is 387 g/mol. The Morgan fingerprint density at radius 1 is 1.18 bits per heavy atom. The van der Waals surface area contributed by atoms with Gasteiger partial charge in [0, 0.05) is 5.39 Å². The minimum Gasteiger partial charge on any atom is -0.324 e. The van der Waals surface area contributed by atoms with Crippen molar-refractivity contribution in [3.05, 3.63) is 65.7 Å². The van der Waals surface area contributed by atoms with E-state index < -0.39 is 5.25 Å². The third kappa shape index (κ3) is 3.19. The zero-order chi connectivity index (χ0) is 19.7. The van der Waals surface area contributed by atoms with E-state index in [1.807, 2.05) is 42.5 Å². The average Bonchev–Trinajstić information content (AvgIpc) is 3.11. The first-order valence-electron chi connectivity index (χ1n) is 8.78. The summed E-state index contributed by atoms with van der Waals surface area (Å²) in [6, 6.07) is 19.1. The molecule has 0 aliphatic rings. The third-order valence-electron chi connectivity index (χ3n) is 4.53. The van der Waals surface area contributed by atoms with Crippen LogP contribution in [0.3, 0.4) is 0 Å². The Morgan fingerprint density at radius 2 is 1.93 bits per heavy atom. The van der Waals surface area contributed by atoms with Crippen molar-refractivity contribution >= 4 is 39.9 Å². The molecule has 0 aliphatic heterocycles. The molecule has 28 heavy (non-hydrogen) atoms. The zero-order valence-corrected chi connectivity index (χ0v) is 16.2. The molecule has 4 rings (SSSR count). The molecule has 0 fully saturated rings. The summed E-state index contributed by atoms with van der Waals surface area (Å²) in [5.41, 5.74) is 3.83. The zero-order valence-electron chi connectivity index (χ0n) is 15.4. The molecule has 0 unspecified atom stereocenters. The number of benzene rings is 2. The SMILES string of the molecule is Cc1cc2nnc(S[C@@H](C)C(=O)Nc3ccccc3C#N)n2c2ccccc12. The number of fused-ring (bicyclic) bond motifs is 3. The molecule has 0 bridgehead atoms. The fourth-order valence-corrected chi connectivity index (χ4v) is 3.95. The fraction of sp³-hybridized carbons (Fsp3) is 0.143. The van der Waals surface area contributed by atoms with Gasteiger partial charge < -0.3 is 5.32 Å². The molecule has 4 aromatic rings. The van der Waals surface area contributed by atoms with Crippen LogP contribution in [0, 0.1) is 18.3 Å². The van der Waals surface area contributed by atoms with Gasteiger partial charge in [-0.05, 0) is 43.7 Å². The van der Waals surface area contributed by atoms with Crippen LogP contribution in [0.2, 0.25) is 0 Å². The second kappa shape index (κ2) is 7.33. The van der Waals surface area contributed by atoms with E-state index in [1.54, 1.807) is 24.3 Å². The minimum absolute atomic E-state index is 0.194. The number of carbonyl (C=O) groups excluding carboxylic acids is 1. The lowest BCUT2D eigenvalue weighted by atomic mass is 10.1. The maximum absolute atomic E-state index is 12.7. The molecule has 2 aromatic heterocycles. The maximum Gasteiger partial charge on any atom is 0.237 e. The predicted molar refractivity (Wildman–Crippen MR) is 110 cm³/mol. The molecule has 0 saturated heterocycles. The maximum atomic E-state index is 12.7. The topological polar surface area (TPSA) is 83.1 Å². The first-order chi connectivity index (χ1) is 13.6. The number of nitrogens with zero attached hydrogens (tertiary/aromatic N) is 4. The number of nitriles is 1. The molecule has 138 valence electrons. The highest BCUT2D eigenvalue weighted by molar-refractivity contribution is 8.00. The number of aromatic nitrogens is 3. The van der Waals surface area contributed by atoms with Crippen LogP contribution in [0.5, 0.6) is 0 Å². The van der Waals surface area contributed by atoms with Gasteiger partial charge in [-0.2, -0.15) is 5.26 Å². The Kier molecular flexibility index (Phi) is 4.72. The van der Waals surface area contributed by atoms with Crippen molar-refractivity contribution in [2.24, 2.45) is 0 Å². The molecule has 2 heterocycles. The number of rotatable bonds is 4. The normalized spacial score (nSPS) is 12.0. The molecule has 1 N–H and O–H groups in total. The number of carbonyl (C=O) groups is 1. The standard InChI is InChI=1S/C21H17N5OS/c1-13-11-19-24-25-21(26(19)18-10-6-4-8-16(13)18)28-14(2)20(27)23-17-9-5-3-7-15(17)12-22/h3-11,14H,1-2H3,(H,23,27)/t14-/m0/s1. The second-order valence-corrected chi connectivity index (χ2v) is 7.74. The Balaban J connectivity index is 1.64. The Labute approximate surface area is 166 Å². The van der Waals surface area contributed by atoms with Gasteiger partial charge in [-0.1, -0.05) is 42.1 Å². The second-order valence-electron chi connectivity index (χ2n) is 6.43. The number of para-hydroxylation sites is 2. The molecule has 1 atom stereocenters. The molecule has 7 heteroatoms. The van der Waals surface area contributed by atoms with E-state index in [9.17, 15) is 10.1 Å². The number of aryl methyl sites for hydroxylation is 1. The summed E-state index contributed by atoms with van der Waals surface area (Å²) in [5.74, 6) is -0.194. The van der Waals surface area contributed by atoms with Crippen LogP contribution in [0.4, 0.5) is 5.69 Å². The van der Waals surface area contributed by atoms with Gasteiger partial charge in [-0.25, -0.2) is 0 Å². The molecule has 0 spiro atoms. The molecule has 0 saturated carbocycles. The quantitative estimate of drug-likeness (QED) is 0.531. The summed E-state index contributed by atoms with van der Waals surface area (Å²) in [7, 11) is 0. The Bertz CT molecular complexity index is 1240. The number of amides is 1. The number of nitrogens with one attached hydrogen (secondary N) is 1. The summed E-state index contributed by atoms with van der Waals surface area (Å²) in [4.78, 5) is 12.7. The molecule has 0 aliphatic carbocycles. The van der Waals surface area contributed by atoms with E-state index in [2.05, 4.69) is 27.6 Å². The molecular weight excluding hydrogens is 370 g/mol. The first kappa shape index (κ1) is 18.0. The van der Waals surface area contributed by atoms with Crippen LogP contribution in [0.1, 0.15) is 18.1 Å². The van der Waals surface area contributed by atoms with Crippen LogP contribution in [0.15, 0.2) is 59.8 Å². The van der Waals surface area contributed by atoms with Crippen molar-refractivity contribution < 1.29 is 4.79 Å². The first-order valence-corrected chi connectivity index (χ1v) is 9.66. The largest absolute Gasteiger partial charge is 0.324 e. The van der Waals surface area contributed by atoms with Crippen LogP contribution >= 0.6 is 11.8 Å². The van der Waals surface area contributed by atoms with Gasteiger partial charge in [-0.3, -0.25) is 9.20 Å². The highest BCUT2D eigenvalue weighted by Gasteiger charge is 2.20.